The third-order valence-electron chi connectivity index (χ3n) is 4.59. The molecule has 1 heterocycles. The van der Waals surface area contributed by atoms with E-state index in [9.17, 15) is 4.79 Å². The fraction of sp³-hybridized carbons (Fsp3) is 0.364. The lowest BCUT2D eigenvalue weighted by atomic mass is 10.1. The van der Waals surface area contributed by atoms with E-state index in [0.717, 1.165) is 28.8 Å². The normalized spacial score (nSPS) is 12.1. The number of carbonyl (C=O) groups is 1. The van der Waals surface area contributed by atoms with Crippen LogP contribution in [0.3, 0.4) is 0 Å². The quantitative estimate of drug-likeness (QED) is 0.526. The Kier molecular flexibility index (Phi) is 7.08. The Bertz CT molecular complexity index is 889. The number of anilines is 1. The molecule has 0 saturated heterocycles. The third-order valence-corrected chi connectivity index (χ3v) is 4.59. The van der Waals surface area contributed by atoms with Gasteiger partial charge in [0.1, 0.15) is 24.5 Å². The van der Waals surface area contributed by atoms with Gasteiger partial charge in [0.2, 0.25) is 0 Å². The van der Waals surface area contributed by atoms with E-state index in [1.807, 2.05) is 67.4 Å². The summed E-state index contributed by atoms with van der Waals surface area (Å²) >= 11 is 0. The Morgan fingerprint density at radius 2 is 1.97 bits per heavy atom. The second-order valence-electron chi connectivity index (χ2n) is 6.82. The van der Waals surface area contributed by atoms with Crippen LogP contribution >= 0.6 is 0 Å². The standard InChI is InChI=1S/C22H26N2O5/c1-3-17(28-15-21(25)26)14-16-8-10-18(11-9-16)27-13-12-24(2)22-23-19-6-4-5-7-20(19)29-22/h4-11,17H,3,12-15H2,1-2H3,(H,25,26). The summed E-state index contributed by atoms with van der Waals surface area (Å²) in [5.41, 5.74) is 2.69. The van der Waals surface area contributed by atoms with E-state index in [1.165, 1.54) is 0 Å². The van der Waals surface area contributed by atoms with Gasteiger partial charge in [-0.3, -0.25) is 0 Å². The number of benzene rings is 2. The lowest BCUT2D eigenvalue weighted by molar-refractivity contribution is -0.144. The highest BCUT2D eigenvalue weighted by atomic mass is 16.5. The Labute approximate surface area is 169 Å². The molecule has 0 fully saturated rings. The minimum atomic E-state index is -0.949. The van der Waals surface area contributed by atoms with Crippen LogP contribution in [0.15, 0.2) is 52.9 Å². The van der Waals surface area contributed by atoms with Crippen molar-refractivity contribution >= 4 is 23.1 Å². The van der Waals surface area contributed by atoms with Crippen molar-refractivity contribution in [3.05, 3.63) is 54.1 Å². The fourth-order valence-corrected chi connectivity index (χ4v) is 2.91. The first-order valence-corrected chi connectivity index (χ1v) is 9.67. The predicted octanol–water partition coefficient (Wildman–Crippen LogP) is 3.77. The molecule has 7 heteroatoms. The summed E-state index contributed by atoms with van der Waals surface area (Å²) in [4.78, 5) is 17.0. The molecule has 0 spiro atoms. The molecule has 7 nitrogen and oxygen atoms in total. The van der Waals surface area contributed by atoms with Gasteiger partial charge in [-0.25, -0.2) is 4.79 Å². The van der Waals surface area contributed by atoms with E-state index in [1.54, 1.807) is 0 Å². The van der Waals surface area contributed by atoms with Gasteiger partial charge in [-0.2, -0.15) is 4.98 Å². The van der Waals surface area contributed by atoms with Crippen LogP contribution in [0, 0.1) is 0 Å². The van der Waals surface area contributed by atoms with Gasteiger partial charge in [0.25, 0.3) is 6.01 Å². The molecule has 1 unspecified atom stereocenters. The largest absolute Gasteiger partial charge is 0.492 e. The fourth-order valence-electron chi connectivity index (χ4n) is 2.91. The molecule has 0 aliphatic rings. The molecule has 0 radical (unpaired) electrons. The van der Waals surface area contributed by atoms with Crippen LogP contribution < -0.4 is 9.64 Å². The van der Waals surface area contributed by atoms with Crippen LogP contribution in [0.2, 0.25) is 0 Å². The minimum absolute atomic E-state index is 0.108. The average molecular weight is 398 g/mol. The summed E-state index contributed by atoms with van der Waals surface area (Å²) in [5, 5.41) is 8.74. The van der Waals surface area contributed by atoms with Gasteiger partial charge in [0, 0.05) is 7.05 Å². The summed E-state index contributed by atoms with van der Waals surface area (Å²) in [5.74, 6) is -0.172. The maximum absolute atomic E-state index is 10.6. The Balaban J connectivity index is 1.46. The molecular weight excluding hydrogens is 372 g/mol. The molecule has 0 aliphatic heterocycles. The molecule has 3 aromatic rings. The molecule has 0 bridgehead atoms. The highest BCUT2D eigenvalue weighted by Gasteiger charge is 2.11. The zero-order valence-electron chi connectivity index (χ0n) is 16.7. The van der Waals surface area contributed by atoms with Gasteiger partial charge in [-0.05, 0) is 42.7 Å². The molecule has 1 atom stereocenters. The number of nitrogens with zero attached hydrogens (tertiary/aromatic N) is 2. The molecule has 3 rings (SSSR count). The second-order valence-corrected chi connectivity index (χ2v) is 6.82. The van der Waals surface area contributed by atoms with Crippen LogP contribution in [0.4, 0.5) is 6.01 Å². The molecular formula is C22H26N2O5. The lowest BCUT2D eigenvalue weighted by Gasteiger charge is -2.16. The van der Waals surface area contributed by atoms with E-state index in [4.69, 9.17) is 19.0 Å². The Hall–Kier alpha value is -3.06. The number of aromatic nitrogens is 1. The topological polar surface area (TPSA) is 85.0 Å². The van der Waals surface area contributed by atoms with Crippen molar-refractivity contribution in [1.82, 2.24) is 4.98 Å². The predicted molar refractivity (Wildman–Crippen MR) is 111 cm³/mol. The Morgan fingerprint density at radius 3 is 2.66 bits per heavy atom. The molecule has 1 aromatic heterocycles. The summed E-state index contributed by atoms with van der Waals surface area (Å²) in [6, 6.07) is 16.0. The van der Waals surface area contributed by atoms with Crippen molar-refractivity contribution in [3.8, 4) is 5.75 Å². The summed E-state index contributed by atoms with van der Waals surface area (Å²) < 4.78 is 16.9. The first kappa shape index (κ1) is 20.7. The SMILES string of the molecule is CCC(Cc1ccc(OCCN(C)c2nc3ccccc3o2)cc1)OCC(=O)O. The zero-order chi connectivity index (χ0) is 20.6. The Morgan fingerprint density at radius 1 is 1.21 bits per heavy atom. The number of carboxylic acid groups (broad SMARTS) is 1. The molecule has 2 aromatic carbocycles. The van der Waals surface area contributed by atoms with E-state index < -0.39 is 5.97 Å². The summed E-state index contributed by atoms with van der Waals surface area (Å²) in [6.07, 6.45) is 1.32. The van der Waals surface area contributed by atoms with Crippen molar-refractivity contribution in [3.63, 3.8) is 0 Å². The number of rotatable bonds is 11. The van der Waals surface area contributed by atoms with Crippen LogP contribution in [0.25, 0.3) is 11.1 Å². The van der Waals surface area contributed by atoms with Crippen molar-refractivity contribution in [2.45, 2.75) is 25.9 Å². The van der Waals surface area contributed by atoms with Crippen molar-refractivity contribution in [1.29, 1.82) is 0 Å². The monoisotopic (exact) mass is 398 g/mol. The van der Waals surface area contributed by atoms with Gasteiger partial charge in [-0.15, -0.1) is 0 Å². The zero-order valence-corrected chi connectivity index (χ0v) is 16.7. The number of fused-ring (bicyclic) bond motifs is 1. The van der Waals surface area contributed by atoms with Gasteiger partial charge in [0.05, 0.1) is 12.6 Å². The first-order valence-electron chi connectivity index (χ1n) is 9.67. The van der Waals surface area contributed by atoms with E-state index in [2.05, 4.69) is 4.98 Å². The first-order chi connectivity index (χ1) is 14.0. The number of hydrogen-bond acceptors (Lipinski definition) is 6. The number of para-hydroxylation sites is 2. The van der Waals surface area contributed by atoms with Crippen LogP contribution in [-0.2, 0) is 16.0 Å². The number of hydrogen-bond donors (Lipinski definition) is 1. The maximum Gasteiger partial charge on any atom is 0.329 e. The maximum atomic E-state index is 10.6. The number of carboxylic acids is 1. The lowest BCUT2D eigenvalue weighted by Crippen LogP contribution is -2.24. The molecule has 0 amide bonds. The van der Waals surface area contributed by atoms with Crippen LogP contribution in [0.5, 0.6) is 5.75 Å². The molecule has 29 heavy (non-hydrogen) atoms. The van der Waals surface area contributed by atoms with Gasteiger partial charge < -0.3 is 23.9 Å². The number of oxazole rings is 1. The van der Waals surface area contributed by atoms with Crippen molar-refractivity contribution in [2.24, 2.45) is 0 Å². The van der Waals surface area contributed by atoms with Crippen molar-refractivity contribution < 1.29 is 23.8 Å². The average Bonchev–Trinajstić information content (AvgIpc) is 3.16. The smallest absolute Gasteiger partial charge is 0.329 e. The number of aliphatic carboxylic acids is 1. The molecule has 154 valence electrons. The van der Waals surface area contributed by atoms with E-state index >= 15 is 0 Å². The number of likely N-dealkylation sites (N-methyl/N-ethyl adjacent to an activating group) is 1. The van der Waals surface area contributed by atoms with Gasteiger partial charge >= 0.3 is 5.97 Å². The van der Waals surface area contributed by atoms with Crippen LogP contribution in [-0.4, -0.2) is 49.0 Å². The highest BCUT2D eigenvalue weighted by Crippen LogP contribution is 2.21. The van der Waals surface area contributed by atoms with E-state index in [-0.39, 0.29) is 12.7 Å². The summed E-state index contributed by atoms with van der Waals surface area (Å²) in [6.45, 7) is 2.84. The van der Waals surface area contributed by atoms with Crippen LogP contribution in [0.1, 0.15) is 18.9 Å². The van der Waals surface area contributed by atoms with Gasteiger partial charge in [-0.1, -0.05) is 31.2 Å². The molecule has 1 N–H and O–H groups in total. The second kappa shape index (κ2) is 9.93. The number of ether oxygens (including phenoxy) is 2. The summed E-state index contributed by atoms with van der Waals surface area (Å²) in [7, 11) is 1.92. The third kappa shape index (κ3) is 5.96. The van der Waals surface area contributed by atoms with E-state index in [0.29, 0.717) is 25.6 Å². The van der Waals surface area contributed by atoms with Crippen molar-refractivity contribution in [2.75, 3.05) is 31.7 Å². The van der Waals surface area contributed by atoms with Gasteiger partial charge in [0.15, 0.2) is 5.58 Å². The molecule has 0 aliphatic carbocycles. The molecule has 0 saturated carbocycles. The highest BCUT2D eigenvalue weighted by molar-refractivity contribution is 5.74. The minimum Gasteiger partial charge on any atom is -0.492 e.